The van der Waals surface area contributed by atoms with Crippen LogP contribution in [0.25, 0.3) is 5.69 Å². The van der Waals surface area contributed by atoms with E-state index in [1.807, 2.05) is 26.0 Å². The van der Waals surface area contributed by atoms with Crippen LogP contribution < -0.4 is 0 Å². The van der Waals surface area contributed by atoms with Crippen molar-refractivity contribution in [2.45, 2.75) is 13.8 Å². The third-order valence-corrected chi connectivity index (χ3v) is 2.54. The van der Waals surface area contributed by atoms with Crippen LogP contribution >= 0.6 is 0 Å². The van der Waals surface area contributed by atoms with Gasteiger partial charge < -0.3 is 0 Å². The number of hydrogen-bond acceptors (Lipinski definition) is 4. The van der Waals surface area contributed by atoms with Gasteiger partial charge >= 0.3 is 0 Å². The lowest BCUT2D eigenvalue weighted by molar-refractivity contribution is -0.384. The Balaban J connectivity index is 2.72. The number of nitro benzene ring substituents is 1. The standard InChI is InChI=1S/C12H10N4O2/c1-8-5-9(2)15(14-8)12-6-10(7-13)3-4-11(12)16(17)18/h3-6H,1-2H3. The smallest absolute Gasteiger partial charge is 0.258 e. The van der Waals surface area contributed by atoms with Gasteiger partial charge in [0.05, 0.1) is 22.2 Å². The summed E-state index contributed by atoms with van der Waals surface area (Å²) in [4.78, 5) is 10.5. The van der Waals surface area contributed by atoms with E-state index in [0.717, 1.165) is 11.4 Å². The average molecular weight is 242 g/mol. The van der Waals surface area contributed by atoms with E-state index in [0.29, 0.717) is 11.3 Å². The Morgan fingerprint density at radius 1 is 1.39 bits per heavy atom. The van der Waals surface area contributed by atoms with Gasteiger partial charge in [0.25, 0.3) is 5.69 Å². The van der Waals surface area contributed by atoms with Crippen LogP contribution in [0.15, 0.2) is 24.3 Å². The van der Waals surface area contributed by atoms with Crippen LogP contribution in [0.1, 0.15) is 17.0 Å². The lowest BCUT2D eigenvalue weighted by Gasteiger charge is -2.05. The van der Waals surface area contributed by atoms with E-state index in [1.54, 1.807) is 0 Å². The Morgan fingerprint density at radius 3 is 2.61 bits per heavy atom. The molecule has 1 aromatic carbocycles. The fraction of sp³-hybridized carbons (Fsp3) is 0.167. The minimum absolute atomic E-state index is 0.0693. The largest absolute Gasteiger partial charge is 0.294 e. The molecule has 0 radical (unpaired) electrons. The third-order valence-electron chi connectivity index (χ3n) is 2.54. The van der Waals surface area contributed by atoms with Crippen LogP contribution in [0, 0.1) is 35.3 Å². The van der Waals surface area contributed by atoms with Crippen molar-refractivity contribution >= 4 is 5.69 Å². The number of nitrogens with zero attached hydrogens (tertiary/aromatic N) is 4. The molecule has 0 N–H and O–H groups in total. The summed E-state index contributed by atoms with van der Waals surface area (Å²) in [5.74, 6) is 0. The molecule has 6 heteroatoms. The molecule has 2 aromatic rings. The molecule has 0 aliphatic carbocycles. The van der Waals surface area contributed by atoms with Crippen molar-refractivity contribution in [3.8, 4) is 11.8 Å². The molecule has 0 fully saturated rings. The average Bonchev–Trinajstić information content (AvgIpc) is 2.67. The topological polar surface area (TPSA) is 84.8 Å². The summed E-state index contributed by atoms with van der Waals surface area (Å²) >= 11 is 0. The van der Waals surface area contributed by atoms with Gasteiger partial charge in [-0.05, 0) is 32.0 Å². The summed E-state index contributed by atoms with van der Waals surface area (Å²) in [7, 11) is 0. The highest BCUT2D eigenvalue weighted by molar-refractivity contribution is 5.56. The summed E-state index contributed by atoms with van der Waals surface area (Å²) in [6.07, 6.45) is 0. The molecule has 0 spiro atoms. The molecule has 2 rings (SSSR count). The molecule has 1 heterocycles. The molecule has 0 aliphatic rings. The number of nitro groups is 1. The SMILES string of the molecule is Cc1cc(C)n(-c2cc(C#N)ccc2[N+](=O)[O-])n1. The van der Waals surface area contributed by atoms with Gasteiger partial charge in [-0.15, -0.1) is 0 Å². The number of hydrogen-bond donors (Lipinski definition) is 0. The molecule has 90 valence electrons. The first kappa shape index (κ1) is 11.8. The van der Waals surface area contributed by atoms with E-state index in [4.69, 9.17) is 5.26 Å². The molecular formula is C12H10N4O2. The maximum atomic E-state index is 11.0. The first-order valence-electron chi connectivity index (χ1n) is 5.25. The van der Waals surface area contributed by atoms with Crippen LogP contribution in [0.5, 0.6) is 0 Å². The summed E-state index contributed by atoms with van der Waals surface area (Å²) < 4.78 is 1.48. The van der Waals surface area contributed by atoms with Crippen molar-refractivity contribution in [2.24, 2.45) is 0 Å². The Labute approximate surface area is 103 Å². The molecule has 0 atom stereocenters. The molecule has 0 bridgehead atoms. The maximum absolute atomic E-state index is 11.0. The second kappa shape index (κ2) is 4.30. The molecule has 0 saturated carbocycles. The van der Waals surface area contributed by atoms with Crippen molar-refractivity contribution in [2.75, 3.05) is 0 Å². The number of aromatic nitrogens is 2. The summed E-state index contributed by atoms with van der Waals surface area (Å²) in [5.41, 5.74) is 2.16. The second-order valence-electron chi connectivity index (χ2n) is 3.91. The van der Waals surface area contributed by atoms with Crippen molar-refractivity contribution in [1.82, 2.24) is 9.78 Å². The van der Waals surface area contributed by atoms with Gasteiger partial charge in [0.15, 0.2) is 0 Å². The molecule has 0 unspecified atom stereocenters. The normalized spacial score (nSPS) is 10.1. The minimum atomic E-state index is -0.479. The first-order valence-corrected chi connectivity index (χ1v) is 5.25. The van der Waals surface area contributed by atoms with E-state index in [1.165, 1.54) is 22.9 Å². The highest BCUT2D eigenvalue weighted by atomic mass is 16.6. The Bertz CT molecular complexity index is 667. The van der Waals surface area contributed by atoms with Crippen LogP contribution in [0.2, 0.25) is 0 Å². The van der Waals surface area contributed by atoms with Gasteiger partial charge in [0.1, 0.15) is 5.69 Å². The van der Waals surface area contributed by atoms with E-state index in [9.17, 15) is 10.1 Å². The van der Waals surface area contributed by atoms with Crippen molar-refractivity contribution in [3.05, 3.63) is 51.3 Å². The van der Waals surface area contributed by atoms with Gasteiger partial charge in [0, 0.05) is 11.8 Å². The molecule has 0 aliphatic heterocycles. The zero-order valence-electron chi connectivity index (χ0n) is 9.91. The van der Waals surface area contributed by atoms with Gasteiger partial charge in [-0.1, -0.05) is 0 Å². The van der Waals surface area contributed by atoms with Crippen LogP contribution in [-0.4, -0.2) is 14.7 Å². The van der Waals surface area contributed by atoms with Crippen molar-refractivity contribution in [1.29, 1.82) is 5.26 Å². The van der Waals surface area contributed by atoms with Gasteiger partial charge in [-0.3, -0.25) is 10.1 Å². The quantitative estimate of drug-likeness (QED) is 0.597. The van der Waals surface area contributed by atoms with Gasteiger partial charge in [0.2, 0.25) is 0 Å². The van der Waals surface area contributed by atoms with Crippen molar-refractivity contribution < 1.29 is 4.92 Å². The molecule has 1 aromatic heterocycles. The van der Waals surface area contributed by atoms with E-state index in [2.05, 4.69) is 5.10 Å². The lowest BCUT2D eigenvalue weighted by Crippen LogP contribution is -2.04. The predicted octanol–water partition coefficient (Wildman–Crippen LogP) is 2.27. The van der Waals surface area contributed by atoms with E-state index in [-0.39, 0.29) is 5.69 Å². The number of nitriles is 1. The molecule has 6 nitrogen and oxygen atoms in total. The third kappa shape index (κ3) is 1.94. The van der Waals surface area contributed by atoms with Crippen LogP contribution in [-0.2, 0) is 0 Å². The number of benzene rings is 1. The fourth-order valence-electron chi connectivity index (χ4n) is 1.79. The Morgan fingerprint density at radius 2 is 2.11 bits per heavy atom. The maximum Gasteiger partial charge on any atom is 0.294 e. The Kier molecular flexibility index (Phi) is 2.81. The first-order chi connectivity index (χ1) is 8.52. The number of rotatable bonds is 2. The lowest BCUT2D eigenvalue weighted by atomic mass is 10.2. The van der Waals surface area contributed by atoms with Crippen molar-refractivity contribution in [3.63, 3.8) is 0 Å². The zero-order chi connectivity index (χ0) is 13.3. The van der Waals surface area contributed by atoms with Gasteiger partial charge in [-0.2, -0.15) is 10.4 Å². The van der Waals surface area contributed by atoms with Crippen LogP contribution in [0.3, 0.4) is 0 Å². The molecular weight excluding hydrogens is 232 g/mol. The fourth-order valence-corrected chi connectivity index (χ4v) is 1.79. The Hall–Kier alpha value is -2.68. The van der Waals surface area contributed by atoms with Crippen LogP contribution in [0.4, 0.5) is 5.69 Å². The van der Waals surface area contributed by atoms with E-state index >= 15 is 0 Å². The molecule has 18 heavy (non-hydrogen) atoms. The zero-order valence-corrected chi connectivity index (χ0v) is 9.91. The number of aryl methyl sites for hydroxylation is 2. The highest BCUT2D eigenvalue weighted by Crippen LogP contribution is 2.25. The van der Waals surface area contributed by atoms with Gasteiger partial charge in [-0.25, -0.2) is 4.68 Å². The molecule has 0 amide bonds. The summed E-state index contributed by atoms with van der Waals surface area (Å²) in [6.45, 7) is 3.62. The van der Waals surface area contributed by atoms with E-state index < -0.39 is 4.92 Å². The minimum Gasteiger partial charge on any atom is -0.258 e. The second-order valence-corrected chi connectivity index (χ2v) is 3.91. The summed E-state index contributed by atoms with van der Waals surface area (Å²) in [5, 5.41) is 24.1. The predicted molar refractivity (Wildman–Crippen MR) is 64.4 cm³/mol. The highest BCUT2D eigenvalue weighted by Gasteiger charge is 2.18. The summed E-state index contributed by atoms with van der Waals surface area (Å²) in [6, 6.07) is 8.01. The molecule has 0 saturated heterocycles. The monoisotopic (exact) mass is 242 g/mol.